The van der Waals surface area contributed by atoms with Crippen LogP contribution in [0.15, 0.2) is 109 Å². The largest absolute Gasteiger partial charge is 0.345 e. The summed E-state index contributed by atoms with van der Waals surface area (Å²) in [5.41, 5.74) is 10.6. The molecule has 2 N–H and O–H groups in total. The van der Waals surface area contributed by atoms with Gasteiger partial charge in [-0.3, -0.25) is 15.1 Å². The van der Waals surface area contributed by atoms with Gasteiger partial charge >= 0.3 is 6.03 Å². The molecule has 0 aliphatic heterocycles. The third-order valence-electron chi connectivity index (χ3n) is 5.62. The van der Waals surface area contributed by atoms with Crippen molar-refractivity contribution in [3.8, 4) is 11.1 Å². The highest BCUT2D eigenvalue weighted by Gasteiger charge is 2.33. The number of nitrogens with zero attached hydrogens (tertiary/aromatic N) is 1. The van der Waals surface area contributed by atoms with Gasteiger partial charge in [0, 0.05) is 0 Å². The molecule has 1 aliphatic carbocycles. The normalized spacial score (nSPS) is 11.9. The number of hydrogen-bond acceptors (Lipinski definition) is 2. The zero-order valence-corrected chi connectivity index (χ0v) is 17.2. The van der Waals surface area contributed by atoms with Crippen molar-refractivity contribution in [1.29, 1.82) is 0 Å². The molecule has 0 fully saturated rings. The minimum atomic E-state index is -0.482. The van der Waals surface area contributed by atoms with Crippen LogP contribution >= 0.6 is 0 Å². The van der Waals surface area contributed by atoms with E-state index >= 15 is 0 Å². The smallest absolute Gasteiger partial charge is 0.272 e. The van der Waals surface area contributed by atoms with Crippen LogP contribution in [0, 0.1) is 0 Å². The first kappa shape index (κ1) is 19.6. The molecule has 0 bridgehead atoms. The second-order valence-electron chi connectivity index (χ2n) is 7.53. The summed E-state index contributed by atoms with van der Waals surface area (Å²) in [6, 6.07) is 33.9. The number of urea groups is 1. The number of fused-ring (bicyclic) bond motifs is 3. The molecular formula is C27H21N3O2. The molecular weight excluding hydrogens is 398 g/mol. The predicted molar refractivity (Wildman–Crippen MR) is 125 cm³/mol. The molecule has 5 nitrogen and oxygen atoms in total. The Bertz CT molecular complexity index is 1170. The van der Waals surface area contributed by atoms with Crippen molar-refractivity contribution in [3.63, 3.8) is 0 Å². The fourth-order valence-electron chi connectivity index (χ4n) is 4.22. The van der Waals surface area contributed by atoms with Crippen molar-refractivity contribution < 1.29 is 9.59 Å². The Morgan fingerprint density at radius 2 is 1.00 bits per heavy atom. The van der Waals surface area contributed by atoms with Crippen LogP contribution in [0.25, 0.3) is 11.1 Å². The molecule has 0 saturated carbocycles. The molecule has 4 aromatic carbocycles. The summed E-state index contributed by atoms with van der Waals surface area (Å²) >= 11 is 0. The lowest BCUT2D eigenvalue weighted by atomic mass is 9.96. The van der Waals surface area contributed by atoms with Crippen LogP contribution in [0.1, 0.15) is 17.0 Å². The minimum absolute atomic E-state index is 0.281. The average molecular weight is 419 g/mol. The summed E-state index contributed by atoms with van der Waals surface area (Å²) in [5.74, 6) is -0.763. The van der Waals surface area contributed by atoms with Crippen molar-refractivity contribution in [1.82, 2.24) is 10.9 Å². The van der Waals surface area contributed by atoms with E-state index in [1.165, 1.54) is 4.90 Å². The van der Waals surface area contributed by atoms with Crippen molar-refractivity contribution in [3.05, 3.63) is 120 Å². The Morgan fingerprint density at radius 3 is 1.50 bits per heavy atom. The fraction of sp³-hybridized carbons (Fsp3) is 0.0370. The summed E-state index contributed by atoms with van der Waals surface area (Å²) in [6.07, 6.45) is 0. The third-order valence-corrected chi connectivity index (χ3v) is 5.62. The number of carbonyl (C=O) groups excluding carboxylic acids is 2. The Hall–Kier alpha value is -4.38. The molecule has 0 atom stereocenters. The average Bonchev–Trinajstić information content (AvgIpc) is 3.19. The van der Waals surface area contributed by atoms with E-state index in [9.17, 15) is 9.59 Å². The summed E-state index contributed by atoms with van der Waals surface area (Å²) in [4.78, 5) is 27.9. The lowest BCUT2D eigenvalue weighted by Crippen LogP contribution is -2.48. The second kappa shape index (κ2) is 8.40. The molecule has 5 rings (SSSR count). The van der Waals surface area contributed by atoms with Gasteiger partial charge in [-0.1, -0.05) is 84.9 Å². The monoisotopic (exact) mass is 419 g/mol. The Labute approximate surface area is 186 Å². The molecule has 32 heavy (non-hydrogen) atoms. The van der Waals surface area contributed by atoms with Gasteiger partial charge < -0.3 is 0 Å². The van der Waals surface area contributed by atoms with E-state index in [2.05, 4.69) is 10.9 Å². The molecule has 3 amide bonds. The van der Waals surface area contributed by atoms with Gasteiger partial charge in [0.15, 0.2) is 0 Å². The maximum Gasteiger partial charge on any atom is 0.345 e. The molecule has 0 heterocycles. The highest BCUT2D eigenvalue weighted by Crippen LogP contribution is 2.44. The highest BCUT2D eigenvalue weighted by atomic mass is 16.2. The topological polar surface area (TPSA) is 61.4 Å². The number of anilines is 2. The lowest BCUT2D eigenvalue weighted by Gasteiger charge is -2.24. The van der Waals surface area contributed by atoms with Crippen molar-refractivity contribution >= 4 is 23.3 Å². The molecule has 0 saturated heterocycles. The molecule has 0 aromatic heterocycles. The van der Waals surface area contributed by atoms with Crippen LogP contribution in [-0.2, 0) is 4.79 Å². The van der Waals surface area contributed by atoms with E-state index in [0.717, 1.165) is 22.3 Å². The van der Waals surface area contributed by atoms with Gasteiger partial charge in [-0.25, -0.2) is 10.2 Å². The first-order chi connectivity index (χ1) is 15.7. The van der Waals surface area contributed by atoms with Crippen LogP contribution in [0.5, 0.6) is 0 Å². The molecule has 0 spiro atoms. The van der Waals surface area contributed by atoms with Gasteiger partial charge in [-0.05, 0) is 46.5 Å². The quantitative estimate of drug-likeness (QED) is 0.438. The van der Waals surface area contributed by atoms with Crippen LogP contribution in [-0.4, -0.2) is 11.9 Å². The number of benzene rings is 4. The van der Waals surface area contributed by atoms with Gasteiger partial charge in [0.05, 0.1) is 17.3 Å². The summed E-state index contributed by atoms with van der Waals surface area (Å²) in [7, 11) is 0. The molecule has 0 unspecified atom stereocenters. The predicted octanol–water partition coefficient (Wildman–Crippen LogP) is 5.38. The highest BCUT2D eigenvalue weighted by molar-refractivity contribution is 6.01. The molecule has 4 aromatic rings. The third kappa shape index (κ3) is 3.50. The molecule has 156 valence electrons. The van der Waals surface area contributed by atoms with Crippen LogP contribution in [0.4, 0.5) is 16.2 Å². The number of hydrogen-bond donors (Lipinski definition) is 2. The zero-order valence-electron chi connectivity index (χ0n) is 17.2. The Morgan fingerprint density at radius 1 is 0.562 bits per heavy atom. The van der Waals surface area contributed by atoms with E-state index in [4.69, 9.17) is 0 Å². The first-order valence-corrected chi connectivity index (χ1v) is 10.4. The standard InChI is InChI=1S/C27H21N3O2/c31-26(25-23-17-9-7-15-21(23)22-16-8-10-18-24(22)25)28-29-27(32)30(19-11-3-1-4-12-19)20-13-5-2-6-14-20/h1-18,25H,(H,28,31)(H,29,32). The molecule has 1 aliphatic rings. The van der Waals surface area contributed by atoms with Gasteiger partial charge in [-0.2, -0.15) is 0 Å². The van der Waals surface area contributed by atoms with Crippen molar-refractivity contribution in [2.75, 3.05) is 4.90 Å². The van der Waals surface area contributed by atoms with Crippen LogP contribution in [0.2, 0.25) is 0 Å². The van der Waals surface area contributed by atoms with Gasteiger partial charge in [-0.15, -0.1) is 0 Å². The number of amides is 3. The maximum atomic E-state index is 13.2. The van der Waals surface area contributed by atoms with E-state index in [1.807, 2.05) is 109 Å². The first-order valence-electron chi connectivity index (χ1n) is 10.4. The fourth-order valence-corrected chi connectivity index (χ4v) is 4.22. The van der Waals surface area contributed by atoms with E-state index < -0.39 is 11.9 Å². The van der Waals surface area contributed by atoms with Gasteiger partial charge in [0.2, 0.25) is 5.91 Å². The number of carbonyl (C=O) groups is 2. The van der Waals surface area contributed by atoms with E-state index in [0.29, 0.717) is 11.4 Å². The Kier molecular flexibility index (Phi) is 5.14. The SMILES string of the molecule is O=C(NNC(=O)N(c1ccccc1)c1ccccc1)C1c2ccccc2-c2ccccc21. The van der Waals surface area contributed by atoms with Crippen LogP contribution < -0.4 is 15.8 Å². The minimum Gasteiger partial charge on any atom is -0.272 e. The second-order valence-corrected chi connectivity index (χ2v) is 7.53. The number of nitrogens with one attached hydrogen (secondary N) is 2. The van der Waals surface area contributed by atoms with Gasteiger partial charge in [0.25, 0.3) is 0 Å². The number of rotatable bonds is 3. The maximum absolute atomic E-state index is 13.2. The molecule has 5 heteroatoms. The number of hydrazine groups is 1. The Balaban J connectivity index is 1.39. The number of para-hydroxylation sites is 2. The zero-order chi connectivity index (χ0) is 21.9. The summed E-state index contributed by atoms with van der Waals surface area (Å²) in [6.45, 7) is 0. The molecule has 0 radical (unpaired) electrons. The summed E-state index contributed by atoms with van der Waals surface area (Å²) < 4.78 is 0. The van der Waals surface area contributed by atoms with Crippen LogP contribution in [0.3, 0.4) is 0 Å². The summed E-state index contributed by atoms with van der Waals surface area (Å²) in [5, 5.41) is 0. The van der Waals surface area contributed by atoms with E-state index in [-0.39, 0.29) is 5.91 Å². The lowest BCUT2D eigenvalue weighted by molar-refractivity contribution is -0.122. The van der Waals surface area contributed by atoms with Crippen molar-refractivity contribution in [2.24, 2.45) is 0 Å². The van der Waals surface area contributed by atoms with Gasteiger partial charge in [0.1, 0.15) is 0 Å². The van der Waals surface area contributed by atoms with Crippen molar-refractivity contribution in [2.45, 2.75) is 5.92 Å². The van der Waals surface area contributed by atoms with E-state index in [1.54, 1.807) is 0 Å².